The van der Waals surface area contributed by atoms with Crippen LogP contribution in [0.1, 0.15) is 24.2 Å². The van der Waals surface area contributed by atoms with Crippen molar-refractivity contribution in [3.63, 3.8) is 0 Å². The maximum absolute atomic E-state index is 12.4. The molecule has 0 fully saturated rings. The summed E-state index contributed by atoms with van der Waals surface area (Å²) in [5, 5.41) is 11.9. The third kappa shape index (κ3) is 4.69. The van der Waals surface area contributed by atoms with Crippen LogP contribution in [-0.4, -0.2) is 45.8 Å². The van der Waals surface area contributed by atoms with Crippen LogP contribution in [-0.2, 0) is 14.8 Å². The molecule has 3 N–H and O–H groups in total. The number of nitrogens with one attached hydrogen (secondary N) is 2. The van der Waals surface area contributed by atoms with Gasteiger partial charge >= 0.3 is 5.97 Å². The first-order chi connectivity index (χ1) is 9.81. The highest BCUT2D eigenvalue weighted by Gasteiger charge is 2.22. The van der Waals surface area contributed by atoms with Gasteiger partial charge in [-0.3, -0.25) is 0 Å². The summed E-state index contributed by atoms with van der Waals surface area (Å²) in [5.41, 5.74) is 0.274. The van der Waals surface area contributed by atoms with Crippen molar-refractivity contribution in [2.24, 2.45) is 0 Å². The smallest absolute Gasteiger partial charge is 0.335 e. The SMILES string of the molecule is CCNc1ccc(C(=O)O)cc1S(=O)(=O)N[C@H](C)COC. The Kier molecular flexibility index (Phi) is 6.13. The molecule has 0 aliphatic carbocycles. The van der Waals surface area contributed by atoms with Gasteiger partial charge in [0.15, 0.2) is 0 Å². The molecular formula is C13H20N2O5S. The number of aromatic carboxylic acids is 1. The number of sulfonamides is 1. The Bertz CT molecular complexity index is 601. The topological polar surface area (TPSA) is 105 Å². The highest BCUT2D eigenvalue weighted by molar-refractivity contribution is 7.89. The average molecular weight is 316 g/mol. The summed E-state index contributed by atoms with van der Waals surface area (Å²) in [6.07, 6.45) is 0. The van der Waals surface area contributed by atoms with Gasteiger partial charge in [-0.05, 0) is 32.0 Å². The van der Waals surface area contributed by atoms with E-state index in [4.69, 9.17) is 9.84 Å². The monoisotopic (exact) mass is 316 g/mol. The lowest BCUT2D eigenvalue weighted by atomic mass is 10.2. The lowest BCUT2D eigenvalue weighted by molar-refractivity contribution is 0.0696. The first-order valence-electron chi connectivity index (χ1n) is 6.44. The van der Waals surface area contributed by atoms with Crippen LogP contribution in [0, 0.1) is 0 Å². The molecule has 0 heterocycles. The predicted molar refractivity (Wildman–Crippen MR) is 79.2 cm³/mol. The Balaban J connectivity index is 3.23. The molecule has 0 unspecified atom stereocenters. The van der Waals surface area contributed by atoms with E-state index in [-0.39, 0.29) is 17.1 Å². The van der Waals surface area contributed by atoms with E-state index in [1.807, 2.05) is 6.92 Å². The zero-order valence-electron chi connectivity index (χ0n) is 12.2. The largest absolute Gasteiger partial charge is 0.478 e. The second-order valence-electron chi connectivity index (χ2n) is 4.52. The number of hydrogen-bond acceptors (Lipinski definition) is 5. The van der Waals surface area contributed by atoms with Crippen LogP contribution in [0.4, 0.5) is 5.69 Å². The fraction of sp³-hybridized carbons (Fsp3) is 0.462. The minimum Gasteiger partial charge on any atom is -0.478 e. The van der Waals surface area contributed by atoms with Gasteiger partial charge in [-0.1, -0.05) is 0 Å². The molecule has 0 spiro atoms. The van der Waals surface area contributed by atoms with Gasteiger partial charge in [-0.25, -0.2) is 17.9 Å². The van der Waals surface area contributed by atoms with E-state index in [0.29, 0.717) is 12.2 Å². The van der Waals surface area contributed by atoms with Crippen molar-refractivity contribution >= 4 is 21.7 Å². The first kappa shape index (κ1) is 17.4. The number of anilines is 1. The number of carboxylic acid groups (broad SMARTS) is 1. The molecular weight excluding hydrogens is 296 g/mol. The van der Waals surface area contributed by atoms with Crippen LogP contribution in [0.15, 0.2) is 23.1 Å². The molecule has 1 aromatic rings. The van der Waals surface area contributed by atoms with Gasteiger partial charge in [-0.15, -0.1) is 0 Å². The molecule has 0 aliphatic rings. The molecule has 0 saturated heterocycles. The molecule has 1 rings (SSSR count). The summed E-state index contributed by atoms with van der Waals surface area (Å²) in [5.74, 6) is -1.18. The summed E-state index contributed by atoms with van der Waals surface area (Å²) in [4.78, 5) is 10.9. The van der Waals surface area contributed by atoms with E-state index < -0.39 is 22.0 Å². The Morgan fingerprint density at radius 2 is 2.10 bits per heavy atom. The van der Waals surface area contributed by atoms with Crippen molar-refractivity contribution in [3.8, 4) is 0 Å². The Morgan fingerprint density at radius 1 is 1.43 bits per heavy atom. The molecule has 1 aromatic carbocycles. The second kappa shape index (κ2) is 7.39. The number of ether oxygens (including phenoxy) is 1. The molecule has 0 aliphatic heterocycles. The summed E-state index contributed by atoms with van der Waals surface area (Å²) >= 11 is 0. The molecule has 8 heteroatoms. The molecule has 7 nitrogen and oxygen atoms in total. The van der Waals surface area contributed by atoms with Crippen LogP contribution >= 0.6 is 0 Å². The Hall–Kier alpha value is -1.64. The summed E-state index contributed by atoms with van der Waals surface area (Å²) in [6, 6.07) is 3.52. The van der Waals surface area contributed by atoms with Crippen LogP contribution in [0.2, 0.25) is 0 Å². The van der Waals surface area contributed by atoms with E-state index in [9.17, 15) is 13.2 Å². The molecule has 118 valence electrons. The maximum atomic E-state index is 12.4. The number of carboxylic acids is 1. The van der Waals surface area contributed by atoms with Gasteiger partial charge in [0.2, 0.25) is 10.0 Å². The van der Waals surface area contributed by atoms with Crippen LogP contribution in [0.5, 0.6) is 0 Å². The van der Waals surface area contributed by atoms with Crippen LogP contribution in [0.3, 0.4) is 0 Å². The Morgan fingerprint density at radius 3 is 2.62 bits per heavy atom. The van der Waals surface area contributed by atoms with Gasteiger partial charge in [0, 0.05) is 19.7 Å². The number of carbonyl (C=O) groups is 1. The molecule has 1 atom stereocenters. The molecule has 0 amide bonds. The van der Waals surface area contributed by atoms with Crippen molar-refractivity contribution in [3.05, 3.63) is 23.8 Å². The van der Waals surface area contributed by atoms with E-state index in [0.717, 1.165) is 6.07 Å². The van der Waals surface area contributed by atoms with Crippen molar-refractivity contribution in [2.45, 2.75) is 24.8 Å². The zero-order valence-corrected chi connectivity index (χ0v) is 13.0. The number of hydrogen-bond donors (Lipinski definition) is 3. The van der Waals surface area contributed by atoms with Crippen LogP contribution in [0.25, 0.3) is 0 Å². The normalized spacial score (nSPS) is 12.9. The third-order valence-electron chi connectivity index (χ3n) is 2.66. The van der Waals surface area contributed by atoms with Gasteiger partial charge in [-0.2, -0.15) is 0 Å². The minimum atomic E-state index is -3.85. The zero-order chi connectivity index (χ0) is 16.0. The minimum absolute atomic E-state index is 0.0866. The van der Waals surface area contributed by atoms with Crippen molar-refractivity contribution < 1.29 is 23.1 Å². The maximum Gasteiger partial charge on any atom is 0.335 e. The number of rotatable bonds is 8. The molecule has 21 heavy (non-hydrogen) atoms. The summed E-state index contributed by atoms with van der Waals surface area (Å²) in [6.45, 7) is 4.22. The highest BCUT2D eigenvalue weighted by atomic mass is 32.2. The lowest BCUT2D eigenvalue weighted by Crippen LogP contribution is -2.36. The van der Waals surface area contributed by atoms with Gasteiger partial charge in [0.25, 0.3) is 0 Å². The van der Waals surface area contributed by atoms with Gasteiger partial charge in [0.05, 0.1) is 17.9 Å². The second-order valence-corrected chi connectivity index (χ2v) is 6.21. The summed E-state index contributed by atoms with van der Waals surface area (Å²) < 4.78 is 32.1. The molecule has 0 bridgehead atoms. The number of benzene rings is 1. The van der Waals surface area contributed by atoms with Gasteiger partial charge < -0.3 is 15.2 Å². The summed E-state index contributed by atoms with van der Waals surface area (Å²) in [7, 11) is -2.37. The molecule has 0 saturated carbocycles. The van der Waals surface area contributed by atoms with Crippen molar-refractivity contribution in [2.75, 3.05) is 25.6 Å². The fourth-order valence-electron chi connectivity index (χ4n) is 1.83. The Labute approximate surface area is 124 Å². The third-order valence-corrected chi connectivity index (χ3v) is 4.29. The lowest BCUT2D eigenvalue weighted by Gasteiger charge is -2.16. The molecule has 0 aromatic heterocycles. The standard InChI is InChI=1S/C13H20N2O5S/c1-4-14-11-6-5-10(13(16)17)7-12(11)21(18,19)15-9(2)8-20-3/h5-7,9,14-15H,4,8H2,1-3H3,(H,16,17)/t9-/m1/s1. The van der Waals surface area contributed by atoms with Crippen LogP contribution < -0.4 is 10.0 Å². The fourth-order valence-corrected chi connectivity index (χ4v) is 3.26. The van der Waals surface area contributed by atoms with E-state index in [1.54, 1.807) is 6.92 Å². The van der Waals surface area contributed by atoms with E-state index in [2.05, 4.69) is 10.0 Å². The molecule has 0 radical (unpaired) electrons. The highest BCUT2D eigenvalue weighted by Crippen LogP contribution is 2.23. The van der Waals surface area contributed by atoms with E-state index >= 15 is 0 Å². The van der Waals surface area contributed by atoms with Gasteiger partial charge in [0.1, 0.15) is 4.90 Å². The average Bonchev–Trinajstić information content (AvgIpc) is 2.38. The van der Waals surface area contributed by atoms with Crippen molar-refractivity contribution in [1.29, 1.82) is 0 Å². The quantitative estimate of drug-likeness (QED) is 0.664. The first-order valence-corrected chi connectivity index (χ1v) is 7.92. The van der Waals surface area contributed by atoms with Crippen molar-refractivity contribution in [1.82, 2.24) is 4.72 Å². The van der Waals surface area contributed by atoms with E-state index in [1.165, 1.54) is 19.2 Å². The predicted octanol–water partition coefficient (Wildman–Crippen LogP) is 1.13. The number of methoxy groups -OCH3 is 1.